The predicted octanol–water partition coefficient (Wildman–Crippen LogP) is 1.06. The van der Waals surface area contributed by atoms with E-state index in [0.717, 1.165) is 0 Å². The van der Waals surface area contributed by atoms with Crippen LogP contribution in [0.25, 0.3) is 0 Å². The van der Waals surface area contributed by atoms with Gasteiger partial charge in [0.05, 0.1) is 36.8 Å². The van der Waals surface area contributed by atoms with E-state index in [4.69, 9.17) is 10.00 Å². The van der Waals surface area contributed by atoms with Gasteiger partial charge < -0.3 is 4.74 Å². The molecule has 1 heterocycles. The van der Waals surface area contributed by atoms with E-state index in [1.807, 2.05) is 6.07 Å². The van der Waals surface area contributed by atoms with Crippen molar-refractivity contribution in [2.75, 3.05) is 7.11 Å². The highest BCUT2D eigenvalue weighted by Crippen LogP contribution is 2.21. The zero-order valence-electron chi connectivity index (χ0n) is 7.43. The minimum Gasteiger partial charge on any atom is -0.495 e. The van der Waals surface area contributed by atoms with Crippen LogP contribution in [-0.2, 0) is 6.42 Å². The second kappa shape index (κ2) is 4.18. The van der Waals surface area contributed by atoms with E-state index in [-0.39, 0.29) is 17.8 Å². The zero-order valence-corrected chi connectivity index (χ0v) is 7.43. The fraction of sp³-hybridized carbons (Fsp3) is 0.250. The SMILES string of the molecule is COc1cnc(CC#N)c([N+](=O)[O-])c1. The van der Waals surface area contributed by atoms with Crippen LogP contribution in [0.15, 0.2) is 12.3 Å². The molecule has 0 bridgehead atoms. The first-order valence-electron chi connectivity index (χ1n) is 3.73. The van der Waals surface area contributed by atoms with Crippen LogP contribution in [0.1, 0.15) is 5.69 Å². The second-order valence-corrected chi connectivity index (χ2v) is 2.43. The Morgan fingerprint density at radius 3 is 3.00 bits per heavy atom. The minimum atomic E-state index is -0.581. The number of nitriles is 1. The Morgan fingerprint density at radius 1 is 1.79 bits per heavy atom. The van der Waals surface area contributed by atoms with Gasteiger partial charge in [-0.1, -0.05) is 0 Å². The van der Waals surface area contributed by atoms with Crippen molar-refractivity contribution in [2.24, 2.45) is 0 Å². The first kappa shape index (κ1) is 9.92. The molecule has 0 N–H and O–H groups in total. The maximum atomic E-state index is 10.6. The van der Waals surface area contributed by atoms with Gasteiger partial charge in [-0.15, -0.1) is 0 Å². The van der Waals surface area contributed by atoms with Crippen LogP contribution in [0, 0.1) is 21.4 Å². The molecule has 0 aliphatic rings. The van der Waals surface area contributed by atoms with E-state index in [1.54, 1.807) is 0 Å². The highest BCUT2D eigenvalue weighted by molar-refractivity contribution is 5.41. The Balaban J connectivity index is 3.18. The molecular formula is C8H7N3O3. The van der Waals surface area contributed by atoms with E-state index < -0.39 is 4.92 Å². The first-order chi connectivity index (χ1) is 6.69. The molecule has 0 radical (unpaired) electrons. The third-order valence-corrected chi connectivity index (χ3v) is 1.60. The molecule has 72 valence electrons. The average Bonchev–Trinajstić information content (AvgIpc) is 2.18. The average molecular weight is 193 g/mol. The summed E-state index contributed by atoms with van der Waals surface area (Å²) < 4.78 is 4.79. The van der Waals surface area contributed by atoms with E-state index in [0.29, 0.717) is 5.75 Å². The summed E-state index contributed by atoms with van der Waals surface area (Å²) in [6.45, 7) is 0. The van der Waals surface area contributed by atoms with Crippen molar-refractivity contribution in [3.63, 3.8) is 0 Å². The lowest BCUT2D eigenvalue weighted by Gasteiger charge is -2.00. The third-order valence-electron chi connectivity index (χ3n) is 1.60. The van der Waals surface area contributed by atoms with Crippen LogP contribution >= 0.6 is 0 Å². The monoisotopic (exact) mass is 193 g/mol. The van der Waals surface area contributed by atoms with Gasteiger partial charge in [-0.2, -0.15) is 5.26 Å². The summed E-state index contributed by atoms with van der Waals surface area (Å²) in [5.41, 5.74) is -0.0378. The molecule has 0 aliphatic carbocycles. The quantitative estimate of drug-likeness (QED) is 0.529. The largest absolute Gasteiger partial charge is 0.495 e. The topological polar surface area (TPSA) is 89.0 Å². The van der Waals surface area contributed by atoms with Gasteiger partial charge in [-0.05, 0) is 0 Å². The van der Waals surface area contributed by atoms with Crippen LogP contribution in [0.4, 0.5) is 5.69 Å². The summed E-state index contributed by atoms with van der Waals surface area (Å²) in [4.78, 5) is 13.8. The fourth-order valence-electron chi connectivity index (χ4n) is 0.944. The van der Waals surface area contributed by atoms with Gasteiger partial charge >= 0.3 is 0 Å². The van der Waals surface area contributed by atoms with E-state index >= 15 is 0 Å². The van der Waals surface area contributed by atoms with Crippen molar-refractivity contribution in [2.45, 2.75) is 6.42 Å². The van der Waals surface area contributed by atoms with E-state index in [2.05, 4.69) is 4.98 Å². The van der Waals surface area contributed by atoms with Crippen LogP contribution in [-0.4, -0.2) is 17.0 Å². The van der Waals surface area contributed by atoms with Crippen molar-refractivity contribution in [1.82, 2.24) is 4.98 Å². The third kappa shape index (κ3) is 1.95. The van der Waals surface area contributed by atoms with Gasteiger partial charge in [0.2, 0.25) is 0 Å². The summed E-state index contributed by atoms with van der Waals surface area (Å²) in [7, 11) is 1.39. The first-order valence-corrected chi connectivity index (χ1v) is 3.73. The fourth-order valence-corrected chi connectivity index (χ4v) is 0.944. The van der Waals surface area contributed by atoms with Gasteiger partial charge in [-0.25, -0.2) is 4.98 Å². The summed E-state index contributed by atoms with van der Waals surface area (Å²) >= 11 is 0. The Kier molecular flexibility index (Phi) is 2.97. The van der Waals surface area contributed by atoms with Gasteiger partial charge in [0, 0.05) is 0 Å². The molecule has 0 aliphatic heterocycles. The Bertz CT molecular complexity index is 397. The number of methoxy groups -OCH3 is 1. The predicted molar refractivity (Wildman–Crippen MR) is 46.8 cm³/mol. The summed E-state index contributed by atoms with van der Waals surface area (Å²) in [5.74, 6) is 0.304. The second-order valence-electron chi connectivity index (χ2n) is 2.43. The van der Waals surface area contributed by atoms with Gasteiger partial charge in [0.1, 0.15) is 11.4 Å². The molecule has 6 nitrogen and oxygen atoms in total. The van der Waals surface area contributed by atoms with Crippen molar-refractivity contribution in [1.29, 1.82) is 5.26 Å². The molecule has 1 rings (SSSR count). The Labute approximate surface area is 79.9 Å². The van der Waals surface area contributed by atoms with Crippen LogP contribution in [0.2, 0.25) is 0 Å². The summed E-state index contributed by atoms with van der Waals surface area (Å²) in [5, 5.41) is 19.0. The lowest BCUT2D eigenvalue weighted by atomic mass is 10.2. The molecule has 0 atom stereocenters. The molecule has 0 unspecified atom stereocenters. The molecule has 1 aromatic rings. The van der Waals surface area contributed by atoms with Crippen molar-refractivity contribution >= 4 is 5.69 Å². The molecule has 0 saturated heterocycles. The van der Waals surface area contributed by atoms with E-state index in [9.17, 15) is 10.1 Å². The van der Waals surface area contributed by atoms with Crippen LogP contribution in [0.5, 0.6) is 5.75 Å². The van der Waals surface area contributed by atoms with Gasteiger partial charge in [0.15, 0.2) is 0 Å². The molecule has 0 spiro atoms. The number of aromatic nitrogens is 1. The number of pyridine rings is 1. The molecule has 14 heavy (non-hydrogen) atoms. The number of hydrogen-bond acceptors (Lipinski definition) is 5. The normalized spacial score (nSPS) is 9.14. The zero-order chi connectivity index (χ0) is 10.6. The number of nitro groups is 1. The highest BCUT2D eigenvalue weighted by atomic mass is 16.6. The lowest BCUT2D eigenvalue weighted by molar-refractivity contribution is -0.385. The lowest BCUT2D eigenvalue weighted by Crippen LogP contribution is -1.98. The van der Waals surface area contributed by atoms with Gasteiger partial charge in [-0.3, -0.25) is 10.1 Å². The summed E-state index contributed by atoms with van der Waals surface area (Å²) in [6, 6.07) is 3.06. The molecule has 0 aromatic carbocycles. The standard InChI is InChI=1S/C8H7N3O3/c1-14-6-4-8(11(12)13)7(2-3-9)10-5-6/h4-5H,2H2,1H3. The Morgan fingerprint density at radius 2 is 2.50 bits per heavy atom. The number of nitrogens with zero attached hydrogens (tertiary/aromatic N) is 3. The number of ether oxygens (including phenoxy) is 1. The molecule has 0 saturated carbocycles. The highest BCUT2D eigenvalue weighted by Gasteiger charge is 2.15. The molecule has 6 heteroatoms. The molecule has 0 amide bonds. The molecular weight excluding hydrogens is 186 g/mol. The minimum absolute atomic E-state index is 0.0830. The number of rotatable bonds is 3. The number of hydrogen-bond donors (Lipinski definition) is 0. The smallest absolute Gasteiger partial charge is 0.295 e. The van der Waals surface area contributed by atoms with Gasteiger partial charge in [0.25, 0.3) is 5.69 Å². The van der Waals surface area contributed by atoms with E-state index in [1.165, 1.54) is 19.4 Å². The maximum absolute atomic E-state index is 10.6. The van der Waals surface area contributed by atoms with Crippen molar-refractivity contribution in [3.05, 3.63) is 28.1 Å². The molecule has 0 fully saturated rings. The maximum Gasteiger partial charge on any atom is 0.295 e. The Hall–Kier alpha value is -2.16. The molecule has 1 aromatic heterocycles. The van der Waals surface area contributed by atoms with Crippen molar-refractivity contribution < 1.29 is 9.66 Å². The van der Waals surface area contributed by atoms with Crippen LogP contribution in [0.3, 0.4) is 0 Å². The van der Waals surface area contributed by atoms with Crippen molar-refractivity contribution in [3.8, 4) is 11.8 Å². The summed E-state index contributed by atoms with van der Waals surface area (Å²) in [6.07, 6.45) is 1.26. The van der Waals surface area contributed by atoms with Crippen LogP contribution < -0.4 is 4.74 Å².